The lowest BCUT2D eigenvalue weighted by Gasteiger charge is -2.30. The molecule has 0 aliphatic carbocycles. The Morgan fingerprint density at radius 3 is 2.81 bits per heavy atom. The number of fused-ring (bicyclic) bond motifs is 1. The van der Waals surface area contributed by atoms with Crippen LogP contribution >= 0.6 is 11.6 Å². The third kappa shape index (κ3) is 5.74. The lowest BCUT2D eigenvalue weighted by molar-refractivity contribution is -0.112. The molecule has 2 N–H and O–H groups in total. The molecule has 1 fully saturated rings. The number of carbonyl (C=O) groups excluding carboxylic acids is 1. The number of aromatic nitrogens is 1. The number of ether oxygens (including phenoxy) is 2. The van der Waals surface area contributed by atoms with Crippen LogP contribution in [0.4, 0.5) is 21.5 Å². The highest BCUT2D eigenvalue weighted by Crippen LogP contribution is 2.36. The zero-order chi connectivity index (χ0) is 25.7. The summed E-state index contributed by atoms with van der Waals surface area (Å²) in [5.74, 6) is -0.455. The maximum Gasteiger partial charge on any atom is 0.248 e. The Balaban J connectivity index is 1.64. The predicted octanol–water partition coefficient (Wildman–Crippen LogP) is 4.87. The first-order chi connectivity index (χ1) is 17.4. The number of nitrogens with zero attached hydrogens (tertiary/aromatic N) is 3. The van der Waals surface area contributed by atoms with Gasteiger partial charge in [-0.25, -0.2) is 4.39 Å². The monoisotopic (exact) mass is 509 g/mol. The first-order valence-electron chi connectivity index (χ1n) is 11.3. The van der Waals surface area contributed by atoms with Gasteiger partial charge in [0.15, 0.2) is 0 Å². The highest BCUT2D eigenvalue weighted by Gasteiger charge is 2.17. The molecule has 36 heavy (non-hydrogen) atoms. The van der Waals surface area contributed by atoms with Crippen molar-refractivity contribution in [2.75, 3.05) is 44.0 Å². The molecule has 1 aliphatic rings. The predicted molar refractivity (Wildman–Crippen MR) is 137 cm³/mol. The van der Waals surface area contributed by atoms with Crippen molar-refractivity contribution in [3.8, 4) is 11.8 Å². The number of amides is 1. The standard InChI is InChI=1S/C26H25ClFN5O3/c1-16(33-7-9-36-10-8-33)3-6-25(34)32-23-12-19-22(13-24(23)35-2)30-15-17(14-29)26(19)31-18-4-5-21(28)20(27)11-18/h3-6,11-13,15-16H,7-10H2,1-2H3,(H,30,31)(H,32,34). The molecule has 2 aromatic carbocycles. The van der Waals surface area contributed by atoms with Crippen LogP contribution in [0, 0.1) is 17.1 Å². The molecule has 4 rings (SSSR count). The van der Waals surface area contributed by atoms with Crippen LogP contribution < -0.4 is 15.4 Å². The van der Waals surface area contributed by atoms with Gasteiger partial charge < -0.3 is 20.1 Å². The molecule has 186 valence electrons. The molecule has 1 aromatic heterocycles. The number of rotatable bonds is 7. The number of hydrogen-bond donors (Lipinski definition) is 2. The number of pyridine rings is 1. The van der Waals surface area contributed by atoms with Crippen molar-refractivity contribution in [3.05, 3.63) is 65.1 Å². The van der Waals surface area contributed by atoms with E-state index in [2.05, 4.69) is 26.6 Å². The molecule has 1 unspecified atom stereocenters. The lowest BCUT2D eigenvalue weighted by atomic mass is 10.1. The Labute approximate surface area is 213 Å². The maximum atomic E-state index is 13.6. The zero-order valence-corrected chi connectivity index (χ0v) is 20.6. The largest absolute Gasteiger partial charge is 0.494 e. The van der Waals surface area contributed by atoms with E-state index in [1.165, 1.54) is 37.6 Å². The van der Waals surface area contributed by atoms with Crippen LogP contribution in [0.2, 0.25) is 5.02 Å². The van der Waals surface area contributed by atoms with Gasteiger partial charge in [0.1, 0.15) is 17.6 Å². The molecule has 2 heterocycles. The molecule has 10 heteroatoms. The number of methoxy groups -OCH3 is 1. The van der Waals surface area contributed by atoms with E-state index in [1.807, 2.05) is 13.0 Å². The van der Waals surface area contributed by atoms with Gasteiger partial charge in [0.05, 0.1) is 47.8 Å². The van der Waals surface area contributed by atoms with Crippen LogP contribution in [0.3, 0.4) is 0 Å². The Kier molecular flexibility index (Phi) is 8.00. The minimum Gasteiger partial charge on any atom is -0.494 e. The van der Waals surface area contributed by atoms with Crippen molar-refractivity contribution in [1.82, 2.24) is 9.88 Å². The first kappa shape index (κ1) is 25.4. The van der Waals surface area contributed by atoms with Gasteiger partial charge in [0, 0.05) is 48.5 Å². The summed E-state index contributed by atoms with van der Waals surface area (Å²) in [5, 5.41) is 16.2. The summed E-state index contributed by atoms with van der Waals surface area (Å²) in [6.07, 6.45) is 4.77. The van der Waals surface area contributed by atoms with Crippen molar-refractivity contribution < 1.29 is 18.7 Å². The Morgan fingerprint density at radius 1 is 1.33 bits per heavy atom. The second-order valence-electron chi connectivity index (χ2n) is 8.22. The van der Waals surface area contributed by atoms with E-state index in [0.717, 1.165) is 13.1 Å². The van der Waals surface area contributed by atoms with E-state index >= 15 is 0 Å². The molecule has 8 nitrogen and oxygen atoms in total. The van der Waals surface area contributed by atoms with Gasteiger partial charge in [0.25, 0.3) is 0 Å². The Morgan fingerprint density at radius 2 is 2.11 bits per heavy atom. The second kappa shape index (κ2) is 11.4. The fourth-order valence-corrected chi connectivity index (χ4v) is 4.11. The highest BCUT2D eigenvalue weighted by atomic mass is 35.5. The number of hydrogen-bond acceptors (Lipinski definition) is 7. The number of carbonyl (C=O) groups is 1. The summed E-state index contributed by atoms with van der Waals surface area (Å²) in [5.41, 5.74) is 2.16. The molecule has 1 amide bonds. The number of halogens is 2. The molecule has 1 aliphatic heterocycles. The van der Waals surface area contributed by atoms with Crippen molar-refractivity contribution in [3.63, 3.8) is 0 Å². The van der Waals surface area contributed by atoms with Crippen LogP contribution in [-0.4, -0.2) is 55.2 Å². The van der Waals surface area contributed by atoms with E-state index in [1.54, 1.807) is 12.1 Å². The number of benzene rings is 2. The molecule has 0 saturated carbocycles. The number of anilines is 3. The summed E-state index contributed by atoms with van der Waals surface area (Å²) in [6, 6.07) is 9.73. The fourth-order valence-electron chi connectivity index (χ4n) is 3.93. The molecule has 1 saturated heterocycles. The van der Waals surface area contributed by atoms with E-state index in [9.17, 15) is 14.4 Å². The lowest BCUT2D eigenvalue weighted by Crippen LogP contribution is -2.41. The summed E-state index contributed by atoms with van der Waals surface area (Å²) < 4.78 is 24.5. The van der Waals surface area contributed by atoms with E-state index in [0.29, 0.717) is 46.9 Å². The van der Waals surface area contributed by atoms with Gasteiger partial charge >= 0.3 is 0 Å². The quantitative estimate of drug-likeness (QED) is 0.438. The second-order valence-corrected chi connectivity index (χ2v) is 8.63. The van der Waals surface area contributed by atoms with Crippen molar-refractivity contribution in [2.45, 2.75) is 13.0 Å². The number of nitrogens with one attached hydrogen (secondary N) is 2. The maximum absolute atomic E-state index is 13.6. The van der Waals surface area contributed by atoms with Gasteiger partial charge in [-0.3, -0.25) is 14.7 Å². The minimum atomic E-state index is -0.548. The average Bonchev–Trinajstić information content (AvgIpc) is 2.89. The first-order valence-corrected chi connectivity index (χ1v) is 11.7. The topological polar surface area (TPSA) is 99.5 Å². The van der Waals surface area contributed by atoms with Crippen molar-refractivity contribution >= 4 is 45.5 Å². The fraction of sp³-hybridized carbons (Fsp3) is 0.269. The summed E-state index contributed by atoms with van der Waals surface area (Å²) in [4.78, 5) is 19.3. The number of morpholine rings is 1. The van der Waals surface area contributed by atoms with Crippen LogP contribution in [0.15, 0.2) is 48.7 Å². The van der Waals surface area contributed by atoms with Crippen LogP contribution in [0.25, 0.3) is 10.9 Å². The van der Waals surface area contributed by atoms with E-state index in [-0.39, 0.29) is 22.5 Å². The average molecular weight is 510 g/mol. The summed E-state index contributed by atoms with van der Waals surface area (Å²) in [6.45, 7) is 5.01. The van der Waals surface area contributed by atoms with Gasteiger partial charge in [-0.05, 0) is 31.2 Å². The van der Waals surface area contributed by atoms with Crippen molar-refractivity contribution in [2.24, 2.45) is 0 Å². The van der Waals surface area contributed by atoms with Crippen LogP contribution in [-0.2, 0) is 9.53 Å². The summed E-state index contributed by atoms with van der Waals surface area (Å²) in [7, 11) is 1.50. The van der Waals surface area contributed by atoms with Gasteiger partial charge in [-0.2, -0.15) is 5.26 Å². The normalized spacial score (nSPS) is 15.0. The highest BCUT2D eigenvalue weighted by molar-refractivity contribution is 6.31. The molecule has 3 aromatic rings. The van der Waals surface area contributed by atoms with Gasteiger partial charge in [0.2, 0.25) is 5.91 Å². The SMILES string of the molecule is COc1cc2ncc(C#N)c(Nc3ccc(F)c(Cl)c3)c2cc1NC(=O)C=CC(C)N1CCOCC1. The third-order valence-corrected chi connectivity index (χ3v) is 6.19. The molecular weight excluding hydrogens is 485 g/mol. The summed E-state index contributed by atoms with van der Waals surface area (Å²) >= 11 is 5.92. The molecular formula is C26H25ClFN5O3. The van der Waals surface area contributed by atoms with Crippen molar-refractivity contribution in [1.29, 1.82) is 5.26 Å². The Bertz CT molecular complexity index is 1350. The molecule has 0 bridgehead atoms. The molecule has 0 radical (unpaired) electrons. The minimum absolute atomic E-state index is 0.0513. The number of nitriles is 1. The third-order valence-electron chi connectivity index (χ3n) is 5.90. The van der Waals surface area contributed by atoms with Gasteiger partial charge in [-0.15, -0.1) is 0 Å². The van der Waals surface area contributed by atoms with E-state index < -0.39 is 5.82 Å². The Hall–Kier alpha value is -3.71. The van der Waals surface area contributed by atoms with Crippen LogP contribution in [0.1, 0.15) is 12.5 Å². The molecule has 0 spiro atoms. The van der Waals surface area contributed by atoms with Gasteiger partial charge in [-0.1, -0.05) is 17.7 Å². The van der Waals surface area contributed by atoms with E-state index in [4.69, 9.17) is 21.1 Å². The zero-order valence-electron chi connectivity index (χ0n) is 19.8. The van der Waals surface area contributed by atoms with Crippen LogP contribution in [0.5, 0.6) is 5.75 Å². The smallest absolute Gasteiger partial charge is 0.248 e. The molecule has 1 atom stereocenters.